The van der Waals surface area contributed by atoms with Crippen LogP contribution in [0.1, 0.15) is 5.56 Å². The predicted molar refractivity (Wildman–Crippen MR) is 52.0 cm³/mol. The van der Waals surface area contributed by atoms with E-state index in [4.69, 9.17) is 16.3 Å². The van der Waals surface area contributed by atoms with E-state index in [9.17, 15) is 4.79 Å². The molecule has 0 atom stereocenters. The molecule has 0 spiro atoms. The summed E-state index contributed by atoms with van der Waals surface area (Å²) in [6, 6.07) is 7.32. The van der Waals surface area contributed by atoms with Gasteiger partial charge in [-0.2, -0.15) is 0 Å². The summed E-state index contributed by atoms with van der Waals surface area (Å²) in [7, 11) is 1.50. The summed E-state index contributed by atoms with van der Waals surface area (Å²) in [5.41, 5.74) is 0.853. The Kier molecular flexibility index (Phi) is 3.93. The van der Waals surface area contributed by atoms with Gasteiger partial charge in [0.05, 0.1) is 0 Å². The predicted octanol–water partition coefficient (Wildman–Crippen LogP) is 2.10. The number of carbonyl (C=O) groups is 1. The standard InChI is InChI=1S/C10H11ClO2/c1-13-7-9(12)6-8-4-2-3-5-10(8)11/h2-5H,6-7H2,1H3. The van der Waals surface area contributed by atoms with Crippen LogP contribution < -0.4 is 0 Å². The molecule has 0 bridgehead atoms. The number of rotatable bonds is 4. The van der Waals surface area contributed by atoms with Crippen LogP contribution in [0.3, 0.4) is 0 Å². The van der Waals surface area contributed by atoms with Gasteiger partial charge in [0.1, 0.15) is 6.61 Å². The normalized spacial score (nSPS) is 10.0. The molecule has 0 radical (unpaired) electrons. The second-order valence-electron chi connectivity index (χ2n) is 2.74. The number of ketones is 1. The first-order valence-corrected chi connectivity index (χ1v) is 4.36. The molecule has 0 heterocycles. The molecular formula is C10H11ClO2. The highest BCUT2D eigenvalue weighted by atomic mass is 35.5. The van der Waals surface area contributed by atoms with Crippen molar-refractivity contribution in [1.82, 2.24) is 0 Å². The van der Waals surface area contributed by atoms with Crippen LogP contribution in [0.2, 0.25) is 5.02 Å². The van der Waals surface area contributed by atoms with Crippen molar-refractivity contribution in [2.75, 3.05) is 13.7 Å². The van der Waals surface area contributed by atoms with E-state index in [-0.39, 0.29) is 12.4 Å². The molecule has 0 amide bonds. The molecule has 3 heteroatoms. The third-order valence-electron chi connectivity index (χ3n) is 1.65. The van der Waals surface area contributed by atoms with Gasteiger partial charge in [0.15, 0.2) is 5.78 Å². The Labute approximate surface area is 82.5 Å². The number of methoxy groups -OCH3 is 1. The highest BCUT2D eigenvalue weighted by molar-refractivity contribution is 6.31. The molecule has 2 nitrogen and oxygen atoms in total. The minimum absolute atomic E-state index is 0.0376. The number of halogens is 1. The maximum absolute atomic E-state index is 11.2. The van der Waals surface area contributed by atoms with Gasteiger partial charge in [0.25, 0.3) is 0 Å². The van der Waals surface area contributed by atoms with Crippen LogP contribution >= 0.6 is 11.6 Å². The fourth-order valence-electron chi connectivity index (χ4n) is 1.07. The zero-order valence-electron chi connectivity index (χ0n) is 7.42. The van der Waals surface area contributed by atoms with Crippen molar-refractivity contribution in [3.05, 3.63) is 34.9 Å². The second-order valence-corrected chi connectivity index (χ2v) is 3.15. The zero-order chi connectivity index (χ0) is 9.68. The molecule has 0 aliphatic rings. The summed E-state index contributed by atoms with van der Waals surface area (Å²) in [5, 5.41) is 0.631. The monoisotopic (exact) mass is 198 g/mol. The van der Waals surface area contributed by atoms with Gasteiger partial charge in [-0.3, -0.25) is 4.79 Å². The number of carbonyl (C=O) groups excluding carboxylic acids is 1. The molecule has 0 aliphatic heterocycles. The molecule has 1 aromatic rings. The van der Waals surface area contributed by atoms with Crippen molar-refractivity contribution < 1.29 is 9.53 Å². The van der Waals surface area contributed by atoms with Crippen LogP contribution in [0.25, 0.3) is 0 Å². The smallest absolute Gasteiger partial charge is 0.162 e. The molecule has 1 aromatic carbocycles. The summed E-state index contributed by atoms with van der Waals surface area (Å²) < 4.78 is 4.72. The first-order valence-electron chi connectivity index (χ1n) is 3.98. The van der Waals surface area contributed by atoms with Crippen molar-refractivity contribution >= 4 is 17.4 Å². The molecule has 0 N–H and O–H groups in total. The van der Waals surface area contributed by atoms with E-state index in [1.165, 1.54) is 7.11 Å². The molecule has 1 rings (SSSR count). The van der Waals surface area contributed by atoms with Crippen molar-refractivity contribution in [3.63, 3.8) is 0 Å². The van der Waals surface area contributed by atoms with Crippen LogP contribution in [-0.2, 0) is 16.0 Å². The van der Waals surface area contributed by atoms with Gasteiger partial charge < -0.3 is 4.74 Å². The Hall–Kier alpha value is -0.860. The molecule has 0 unspecified atom stereocenters. The molecule has 70 valence electrons. The van der Waals surface area contributed by atoms with Gasteiger partial charge in [-0.1, -0.05) is 29.8 Å². The fraction of sp³-hybridized carbons (Fsp3) is 0.300. The molecule has 0 aliphatic carbocycles. The quantitative estimate of drug-likeness (QED) is 0.741. The van der Waals surface area contributed by atoms with Crippen molar-refractivity contribution in [2.45, 2.75) is 6.42 Å². The van der Waals surface area contributed by atoms with Crippen LogP contribution in [0.15, 0.2) is 24.3 Å². The van der Waals surface area contributed by atoms with Gasteiger partial charge in [-0.25, -0.2) is 0 Å². The molecule has 0 aromatic heterocycles. The van der Waals surface area contributed by atoms with Crippen LogP contribution in [0.4, 0.5) is 0 Å². The van der Waals surface area contributed by atoms with Crippen molar-refractivity contribution in [3.8, 4) is 0 Å². The van der Waals surface area contributed by atoms with Gasteiger partial charge in [0, 0.05) is 18.6 Å². The lowest BCUT2D eigenvalue weighted by Crippen LogP contribution is -2.09. The van der Waals surface area contributed by atoms with Crippen molar-refractivity contribution in [1.29, 1.82) is 0 Å². The van der Waals surface area contributed by atoms with E-state index in [2.05, 4.69) is 0 Å². The Bertz CT molecular complexity index is 297. The number of hydrogen-bond donors (Lipinski definition) is 0. The Morgan fingerprint density at radius 1 is 1.46 bits per heavy atom. The number of hydrogen-bond acceptors (Lipinski definition) is 2. The summed E-state index contributed by atoms with van der Waals surface area (Å²) in [4.78, 5) is 11.2. The van der Waals surface area contributed by atoms with Crippen LogP contribution in [0.5, 0.6) is 0 Å². The number of Topliss-reactive ketones (excluding diaryl/α,β-unsaturated/α-hetero) is 1. The van der Waals surface area contributed by atoms with E-state index in [0.29, 0.717) is 11.4 Å². The lowest BCUT2D eigenvalue weighted by Gasteiger charge is -2.01. The fourth-order valence-corrected chi connectivity index (χ4v) is 1.27. The van der Waals surface area contributed by atoms with Gasteiger partial charge in [0.2, 0.25) is 0 Å². The average Bonchev–Trinajstić information content (AvgIpc) is 2.09. The SMILES string of the molecule is COCC(=O)Cc1ccccc1Cl. The molecule has 0 saturated heterocycles. The molecule has 0 saturated carbocycles. The van der Waals surface area contributed by atoms with E-state index in [0.717, 1.165) is 5.56 Å². The molecular weight excluding hydrogens is 188 g/mol. The lowest BCUT2D eigenvalue weighted by molar-refractivity contribution is -0.121. The summed E-state index contributed by atoms with van der Waals surface area (Å²) in [6.07, 6.45) is 0.341. The Balaban J connectivity index is 2.63. The van der Waals surface area contributed by atoms with Gasteiger partial charge in [-0.05, 0) is 11.6 Å². The van der Waals surface area contributed by atoms with E-state index in [1.807, 2.05) is 18.2 Å². The second kappa shape index (κ2) is 5.00. The minimum atomic E-state index is 0.0376. The highest BCUT2D eigenvalue weighted by Gasteiger charge is 2.05. The summed E-state index contributed by atoms with van der Waals surface area (Å²) in [5.74, 6) is 0.0376. The van der Waals surface area contributed by atoms with E-state index >= 15 is 0 Å². The topological polar surface area (TPSA) is 26.3 Å². The van der Waals surface area contributed by atoms with E-state index < -0.39 is 0 Å². The highest BCUT2D eigenvalue weighted by Crippen LogP contribution is 2.15. The van der Waals surface area contributed by atoms with Crippen LogP contribution in [0, 0.1) is 0 Å². The summed E-state index contributed by atoms with van der Waals surface area (Å²) in [6.45, 7) is 0.144. The summed E-state index contributed by atoms with van der Waals surface area (Å²) >= 11 is 5.88. The average molecular weight is 199 g/mol. The maximum Gasteiger partial charge on any atom is 0.162 e. The third kappa shape index (κ3) is 3.17. The van der Waals surface area contributed by atoms with Gasteiger partial charge >= 0.3 is 0 Å². The number of ether oxygens (including phenoxy) is 1. The van der Waals surface area contributed by atoms with Crippen molar-refractivity contribution in [2.24, 2.45) is 0 Å². The van der Waals surface area contributed by atoms with Crippen LogP contribution in [-0.4, -0.2) is 19.5 Å². The Morgan fingerprint density at radius 3 is 2.77 bits per heavy atom. The van der Waals surface area contributed by atoms with E-state index in [1.54, 1.807) is 6.07 Å². The lowest BCUT2D eigenvalue weighted by atomic mass is 10.1. The third-order valence-corrected chi connectivity index (χ3v) is 2.02. The largest absolute Gasteiger partial charge is 0.377 e. The first kappa shape index (κ1) is 10.2. The Morgan fingerprint density at radius 2 is 2.15 bits per heavy atom. The zero-order valence-corrected chi connectivity index (χ0v) is 8.17. The molecule has 0 fully saturated rings. The first-order chi connectivity index (χ1) is 6.24. The number of benzene rings is 1. The molecule has 13 heavy (non-hydrogen) atoms. The van der Waals surface area contributed by atoms with Gasteiger partial charge in [-0.15, -0.1) is 0 Å². The minimum Gasteiger partial charge on any atom is -0.377 e. The maximum atomic E-state index is 11.2.